The van der Waals surface area contributed by atoms with Gasteiger partial charge in [-0.3, -0.25) is 0 Å². The lowest BCUT2D eigenvalue weighted by Crippen LogP contribution is -2.09. The van der Waals surface area contributed by atoms with E-state index < -0.39 is 0 Å². The minimum Gasteiger partial charge on any atom is -0.345 e. The Morgan fingerprint density at radius 2 is 1.26 bits per heavy atom. The molecule has 3 aromatic carbocycles. The summed E-state index contributed by atoms with van der Waals surface area (Å²) in [6.07, 6.45) is 13.1. The second kappa shape index (κ2) is 10.7. The van der Waals surface area contributed by atoms with E-state index in [0.717, 1.165) is 0 Å². The van der Waals surface area contributed by atoms with Crippen LogP contribution in [0.5, 0.6) is 0 Å². The average molecular weight is 412 g/mol. The lowest BCUT2D eigenvalue weighted by molar-refractivity contribution is 0.593. The molecule has 0 aliphatic heterocycles. The van der Waals surface area contributed by atoms with Gasteiger partial charge in [0, 0.05) is 18.4 Å². The molecule has 1 aliphatic carbocycles. The minimum absolute atomic E-state index is 1.19. The molecule has 0 N–H and O–H groups in total. The van der Waals surface area contributed by atoms with Gasteiger partial charge < -0.3 is 4.90 Å². The highest BCUT2D eigenvalue weighted by Gasteiger charge is 2.12. The number of nitrogens with zero attached hydrogens (tertiary/aromatic N) is 1. The van der Waals surface area contributed by atoms with Crippen LogP contribution in [-0.4, -0.2) is 7.05 Å². The molecular formula is C30H37N. The van der Waals surface area contributed by atoms with E-state index in [1.807, 2.05) is 0 Å². The first-order chi connectivity index (χ1) is 15.2. The van der Waals surface area contributed by atoms with Gasteiger partial charge in [0.2, 0.25) is 0 Å². The Hall–Kier alpha value is -2.54. The van der Waals surface area contributed by atoms with Gasteiger partial charge in [-0.1, -0.05) is 73.7 Å². The topological polar surface area (TPSA) is 3.24 Å². The molecule has 0 unspecified atom stereocenters. The van der Waals surface area contributed by atoms with Crippen molar-refractivity contribution in [3.05, 3.63) is 94.5 Å². The molecule has 1 heteroatoms. The molecule has 0 fully saturated rings. The third kappa shape index (κ3) is 6.00. The largest absolute Gasteiger partial charge is 0.345 e. The van der Waals surface area contributed by atoms with Crippen molar-refractivity contribution >= 4 is 11.4 Å². The zero-order valence-corrected chi connectivity index (χ0v) is 19.4. The summed E-state index contributed by atoms with van der Waals surface area (Å²) in [6.45, 7) is 2.14. The molecule has 1 aliphatic rings. The van der Waals surface area contributed by atoms with E-state index in [1.165, 1.54) is 86.7 Å². The van der Waals surface area contributed by atoms with Crippen LogP contribution in [0, 0.1) is 6.92 Å². The number of aryl methyl sites for hydroxylation is 5. The van der Waals surface area contributed by atoms with Crippen molar-refractivity contribution in [1.82, 2.24) is 0 Å². The number of hydrogen-bond donors (Lipinski definition) is 0. The van der Waals surface area contributed by atoms with Crippen molar-refractivity contribution in [2.45, 2.75) is 71.1 Å². The number of hydrogen-bond acceptors (Lipinski definition) is 1. The van der Waals surface area contributed by atoms with Crippen LogP contribution >= 0.6 is 0 Å². The summed E-state index contributed by atoms with van der Waals surface area (Å²) in [6, 6.07) is 25.0. The standard InChI is InChI=1S/C30H37N/c1-24-14-20-29(21-15-24)31(2)30-13-9-12-25(23-30)10-7-5-3-4-6-8-11-26-16-17-27-18-19-28(27)22-26/h9,12-17,20-23H,3-8,10-11,18-19H2,1-2H3. The molecule has 162 valence electrons. The number of fused-ring (bicyclic) bond motifs is 1. The van der Waals surface area contributed by atoms with Crippen LogP contribution in [-0.2, 0) is 25.7 Å². The summed E-state index contributed by atoms with van der Waals surface area (Å²) in [5.41, 5.74) is 10.0. The number of unbranched alkanes of at least 4 members (excludes halogenated alkanes) is 5. The maximum Gasteiger partial charge on any atom is 0.0410 e. The van der Waals surface area contributed by atoms with E-state index in [1.54, 1.807) is 16.7 Å². The van der Waals surface area contributed by atoms with Crippen LogP contribution < -0.4 is 4.90 Å². The van der Waals surface area contributed by atoms with Crippen LogP contribution in [0.4, 0.5) is 11.4 Å². The zero-order chi connectivity index (χ0) is 21.5. The Balaban J connectivity index is 1.12. The van der Waals surface area contributed by atoms with Crippen molar-refractivity contribution in [3.8, 4) is 0 Å². The van der Waals surface area contributed by atoms with Crippen molar-refractivity contribution in [2.24, 2.45) is 0 Å². The average Bonchev–Trinajstić information content (AvgIpc) is 2.77. The molecular weight excluding hydrogens is 374 g/mol. The first-order valence-electron chi connectivity index (χ1n) is 12.2. The fraction of sp³-hybridized carbons (Fsp3) is 0.400. The third-order valence-corrected chi connectivity index (χ3v) is 6.83. The third-order valence-electron chi connectivity index (χ3n) is 6.83. The summed E-state index contributed by atoms with van der Waals surface area (Å²) in [5.74, 6) is 0. The molecule has 0 radical (unpaired) electrons. The SMILES string of the molecule is Cc1ccc(N(C)c2cccc(CCCCCCCCc3ccc4c(c3)CC4)c2)cc1. The smallest absolute Gasteiger partial charge is 0.0410 e. The highest BCUT2D eigenvalue weighted by molar-refractivity contribution is 5.63. The lowest BCUT2D eigenvalue weighted by Gasteiger charge is -2.20. The first kappa shape index (κ1) is 21.7. The summed E-state index contributed by atoms with van der Waals surface area (Å²) in [5, 5.41) is 0. The van der Waals surface area contributed by atoms with Gasteiger partial charge in [0.05, 0.1) is 0 Å². The minimum atomic E-state index is 1.19. The van der Waals surface area contributed by atoms with E-state index in [2.05, 4.69) is 85.6 Å². The van der Waals surface area contributed by atoms with E-state index in [0.29, 0.717) is 0 Å². The molecule has 1 nitrogen and oxygen atoms in total. The van der Waals surface area contributed by atoms with Gasteiger partial charge in [0.15, 0.2) is 0 Å². The second-order valence-electron chi connectivity index (χ2n) is 9.29. The first-order valence-corrected chi connectivity index (χ1v) is 12.2. The lowest BCUT2D eigenvalue weighted by atomic mass is 9.86. The molecule has 0 saturated heterocycles. The maximum absolute atomic E-state index is 2.45. The molecule has 0 atom stereocenters. The molecule has 31 heavy (non-hydrogen) atoms. The van der Waals surface area contributed by atoms with Crippen LogP contribution in [0.1, 0.15) is 66.3 Å². The Labute approximate surface area is 189 Å². The molecule has 3 aromatic rings. The van der Waals surface area contributed by atoms with E-state index in [4.69, 9.17) is 0 Å². The van der Waals surface area contributed by atoms with E-state index in [9.17, 15) is 0 Å². The molecule has 0 amide bonds. The summed E-state index contributed by atoms with van der Waals surface area (Å²) in [4.78, 5) is 2.28. The van der Waals surface area contributed by atoms with Crippen LogP contribution in [0.25, 0.3) is 0 Å². The highest BCUT2D eigenvalue weighted by atomic mass is 15.1. The van der Waals surface area contributed by atoms with Gasteiger partial charge in [0.25, 0.3) is 0 Å². The zero-order valence-electron chi connectivity index (χ0n) is 19.4. The molecule has 0 aromatic heterocycles. The molecule has 0 saturated carbocycles. The Morgan fingerprint density at radius 3 is 1.90 bits per heavy atom. The predicted molar refractivity (Wildman–Crippen MR) is 135 cm³/mol. The second-order valence-corrected chi connectivity index (χ2v) is 9.29. The maximum atomic E-state index is 2.45. The predicted octanol–water partition coefficient (Wildman–Crippen LogP) is 7.99. The fourth-order valence-corrected chi connectivity index (χ4v) is 4.61. The fourth-order valence-electron chi connectivity index (χ4n) is 4.61. The Kier molecular flexibility index (Phi) is 7.46. The normalized spacial score (nSPS) is 12.3. The van der Waals surface area contributed by atoms with Crippen LogP contribution in [0.2, 0.25) is 0 Å². The van der Waals surface area contributed by atoms with Crippen LogP contribution in [0.15, 0.2) is 66.7 Å². The Morgan fingerprint density at radius 1 is 0.613 bits per heavy atom. The van der Waals surface area contributed by atoms with Crippen molar-refractivity contribution in [1.29, 1.82) is 0 Å². The summed E-state index contributed by atoms with van der Waals surface area (Å²) >= 11 is 0. The summed E-state index contributed by atoms with van der Waals surface area (Å²) in [7, 11) is 2.16. The molecule has 0 spiro atoms. The van der Waals surface area contributed by atoms with Gasteiger partial charge in [-0.25, -0.2) is 0 Å². The van der Waals surface area contributed by atoms with Gasteiger partial charge in [-0.2, -0.15) is 0 Å². The highest BCUT2D eigenvalue weighted by Crippen LogP contribution is 2.26. The van der Waals surface area contributed by atoms with Gasteiger partial charge in [-0.05, 0) is 92.0 Å². The van der Waals surface area contributed by atoms with E-state index in [-0.39, 0.29) is 0 Å². The van der Waals surface area contributed by atoms with Gasteiger partial charge in [-0.15, -0.1) is 0 Å². The van der Waals surface area contributed by atoms with E-state index >= 15 is 0 Å². The molecule has 0 heterocycles. The van der Waals surface area contributed by atoms with Gasteiger partial charge >= 0.3 is 0 Å². The van der Waals surface area contributed by atoms with Crippen molar-refractivity contribution in [3.63, 3.8) is 0 Å². The van der Waals surface area contributed by atoms with Crippen molar-refractivity contribution < 1.29 is 0 Å². The number of benzene rings is 3. The molecule has 4 rings (SSSR count). The van der Waals surface area contributed by atoms with Crippen molar-refractivity contribution in [2.75, 3.05) is 11.9 Å². The number of rotatable bonds is 11. The summed E-state index contributed by atoms with van der Waals surface area (Å²) < 4.78 is 0. The molecule has 0 bridgehead atoms. The van der Waals surface area contributed by atoms with Crippen LogP contribution in [0.3, 0.4) is 0 Å². The quantitative estimate of drug-likeness (QED) is 0.289. The number of anilines is 2. The monoisotopic (exact) mass is 411 g/mol. The van der Waals surface area contributed by atoms with Gasteiger partial charge in [0.1, 0.15) is 0 Å². The Bertz CT molecular complexity index is 970.